The molecule has 0 unspecified atom stereocenters. The lowest BCUT2D eigenvalue weighted by molar-refractivity contribution is 0.153. The van der Waals surface area contributed by atoms with Crippen LogP contribution in [0.5, 0.6) is 5.75 Å². The highest BCUT2D eigenvalue weighted by molar-refractivity contribution is 5.31. The minimum absolute atomic E-state index is 0.424. The minimum atomic E-state index is 0.424. The Kier molecular flexibility index (Phi) is 5.60. The average molecular weight is 335 g/mol. The molecule has 0 aliphatic carbocycles. The Balaban J connectivity index is 1.86. The maximum absolute atomic E-state index is 5.29. The molecule has 0 aromatic heterocycles. The molecule has 0 radical (unpaired) electrons. The zero-order valence-corrected chi connectivity index (χ0v) is 15.8. The van der Waals surface area contributed by atoms with E-state index in [1.54, 1.807) is 12.7 Å². The maximum Gasteiger partial charge on any atom is 0.118 e. The molecule has 0 saturated heterocycles. The first kappa shape index (κ1) is 17.8. The predicted octanol–water partition coefficient (Wildman–Crippen LogP) is 5.41. The van der Waals surface area contributed by atoms with E-state index in [0.717, 1.165) is 18.7 Å². The molecule has 1 heterocycles. The van der Waals surface area contributed by atoms with E-state index in [-0.39, 0.29) is 0 Å². The van der Waals surface area contributed by atoms with Crippen molar-refractivity contribution in [3.8, 4) is 5.75 Å². The first-order valence-electron chi connectivity index (χ1n) is 9.20. The normalized spacial score (nSPS) is 19.8. The van der Waals surface area contributed by atoms with Crippen molar-refractivity contribution in [1.82, 2.24) is 4.90 Å². The van der Waals surface area contributed by atoms with Crippen molar-refractivity contribution in [1.29, 1.82) is 0 Å². The molecule has 25 heavy (non-hydrogen) atoms. The van der Waals surface area contributed by atoms with Gasteiger partial charge in [-0.2, -0.15) is 0 Å². The zero-order chi connectivity index (χ0) is 17.8. The first-order chi connectivity index (χ1) is 12.1. The van der Waals surface area contributed by atoms with Crippen molar-refractivity contribution in [2.75, 3.05) is 13.7 Å². The average Bonchev–Trinajstić information content (AvgIpc) is 2.66. The van der Waals surface area contributed by atoms with Gasteiger partial charge in [0.15, 0.2) is 0 Å². The van der Waals surface area contributed by atoms with Crippen molar-refractivity contribution < 1.29 is 4.74 Å². The van der Waals surface area contributed by atoms with Gasteiger partial charge < -0.3 is 4.74 Å². The molecule has 2 heteroatoms. The molecule has 3 rings (SSSR count). The second kappa shape index (κ2) is 7.88. The molecule has 0 saturated carbocycles. The molecular formula is C23H29NO. The zero-order valence-electron chi connectivity index (χ0n) is 15.8. The predicted molar refractivity (Wildman–Crippen MR) is 105 cm³/mol. The van der Waals surface area contributed by atoms with E-state index in [1.807, 2.05) is 0 Å². The second-order valence-corrected chi connectivity index (χ2v) is 7.11. The summed E-state index contributed by atoms with van der Waals surface area (Å²) in [6, 6.07) is 20.3. The van der Waals surface area contributed by atoms with Gasteiger partial charge in [-0.25, -0.2) is 0 Å². The van der Waals surface area contributed by atoms with E-state index in [9.17, 15) is 0 Å². The lowest BCUT2D eigenvalue weighted by Crippen LogP contribution is -2.43. The van der Waals surface area contributed by atoms with Crippen molar-refractivity contribution in [2.45, 2.75) is 45.7 Å². The van der Waals surface area contributed by atoms with Crippen LogP contribution in [0, 0.1) is 0 Å². The maximum atomic E-state index is 5.29. The van der Waals surface area contributed by atoms with Gasteiger partial charge in [0.05, 0.1) is 7.11 Å². The van der Waals surface area contributed by atoms with E-state index in [2.05, 4.69) is 80.3 Å². The Morgan fingerprint density at radius 3 is 2.36 bits per heavy atom. The summed E-state index contributed by atoms with van der Waals surface area (Å²) in [7, 11) is 1.72. The molecule has 0 bridgehead atoms. The number of hydrogen-bond acceptors (Lipinski definition) is 2. The summed E-state index contributed by atoms with van der Waals surface area (Å²) < 4.78 is 5.29. The summed E-state index contributed by atoms with van der Waals surface area (Å²) in [5, 5.41) is 0. The Bertz CT molecular complexity index is 718. The number of benzene rings is 2. The van der Waals surface area contributed by atoms with Crippen LogP contribution < -0.4 is 4.74 Å². The van der Waals surface area contributed by atoms with Crippen molar-refractivity contribution in [3.63, 3.8) is 0 Å². The van der Waals surface area contributed by atoms with Crippen LogP contribution in [0.1, 0.15) is 44.4 Å². The summed E-state index contributed by atoms with van der Waals surface area (Å²) in [6.45, 7) is 8.07. The molecule has 2 aromatic carbocycles. The molecule has 0 spiro atoms. The fraction of sp³-hybridized carbons (Fsp3) is 0.391. The third kappa shape index (κ3) is 3.96. The Morgan fingerprint density at radius 2 is 1.72 bits per heavy atom. The highest BCUT2D eigenvalue weighted by Crippen LogP contribution is 2.33. The van der Waals surface area contributed by atoms with Gasteiger partial charge in [0.1, 0.15) is 5.75 Å². The van der Waals surface area contributed by atoms with Crippen molar-refractivity contribution in [2.24, 2.45) is 0 Å². The molecule has 0 fully saturated rings. The molecule has 2 nitrogen and oxygen atoms in total. The fourth-order valence-corrected chi connectivity index (χ4v) is 3.82. The second-order valence-electron chi connectivity index (χ2n) is 7.11. The minimum Gasteiger partial charge on any atom is -0.497 e. The molecule has 1 aliphatic rings. The van der Waals surface area contributed by atoms with E-state index < -0.39 is 0 Å². The standard InChI is InChI=1S/C23H29NO/c1-17-14-15-24(19(3)21-8-6-5-7-9-21)23(18(17)2)16-20-10-12-22(25-4)13-11-20/h5-13,19,23H,14-16H2,1-4H3/t19-,23+/m1/s1. The van der Waals surface area contributed by atoms with Gasteiger partial charge in [0.25, 0.3) is 0 Å². The number of methoxy groups -OCH3 is 1. The van der Waals surface area contributed by atoms with Gasteiger partial charge in [-0.3, -0.25) is 4.90 Å². The van der Waals surface area contributed by atoms with Gasteiger partial charge in [-0.1, -0.05) is 53.6 Å². The summed E-state index contributed by atoms with van der Waals surface area (Å²) in [5.74, 6) is 0.922. The SMILES string of the molecule is COc1ccc(C[C@H]2C(C)=C(C)CCN2[C@H](C)c2ccccc2)cc1. The van der Waals surface area contributed by atoms with Gasteiger partial charge in [-0.05, 0) is 56.9 Å². The Labute approximate surface area is 152 Å². The third-order valence-corrected chi connectivity index (χ3v) is 5.69. The number of rotatable bonds is 5. The van der Waals surface area contributed by atoms with Gasteiger partial charge >= 0.3 is 0 Å². The van der Waals surface area contributed by atoms with Crippen molar-refractivity contribution >= 4 is 0 Å². The molecule has 0 N–H and O–H groups in total. The summed E-state index contributed by atoms with van der Waals surface area (Å²) in [5.41, 5.74) is 5.85. The lowest BCUT2D eigenvalue weighted by atomic mass is 9.88. The van der Waals surface area contributed by atoms with E-state index >= 15 is 0 Å². The van der Waals surface area contributed by atoms with Crippen LogP contribution in [0.15, 0.2) is 65.7 Å². The number of ether oxygens (including phenoxy) is 1. The van der Waals surface area contributed by atoms with Gasteiger partial charge in [0.2, 0.25) is 0 Å². The van der Waals surface area contributed by atoms with Crippen LogP contribution in [0.3, 0.4) is 0 Å². The summed E-state index contributed by atoms with van der Waals surface area (Å²) in [4.78, 5) is 2.67. The van der Waals surface area contributed by atoms with Crippen LogP contribution in [-0.2, 0) is 6.42 Å². The quantitative estimate of drug-likeness (QED) is 0.677. The van der Waals surface area contributed by atoms with Gasteiger partial charge in [-0.15, -0.1) is 0 Å². The molecular weight excluding hydrogens is 306 g/mol. The van der Waals surface area contributed by atoms with Crippen LogP contribution in [0.4, 0.5) is 0 Å². The Hall–Kier alpha value is -2.06. The monoisotopic (exact) mass is 335 g/mol. The lowest BCUT2D eigenvalue weighted by Gasteiger charge is -2.41. The summed E-state index contributed by atoms with van der Waals surface area (Å²) in [6.07, 6.45) is 2.21. The van der Waals surface area contributed by atoms with Crippen LogP contribution in [0.25, 0.3) is 0 Å². The smallest absolute Gasteiger partial charge is 0.118 e. The molecule has 2 atom stereocenters. The number of hydrogen-bond donors (Lipinski definition) is 0. The molecule has 1 aliphatic heterocycles. The largest absolute Gasteiger partial charge is 0.497 e. The first-order valence-corrected chi connectivity index (χ1v) is 9.20. The highest BCUT2D eigenvalue weighted by Gasteiger charge is 2.29. The van der Waals surface area contributed by atoms with Crippen LogP contribution in [-0.4, -0.2) is 24.6 Å². The topological polar surface area (TPSA) is 12.5 Å². The van der Waals surface area contributed by atoms with E-state index in [4.69, 9.17) is 4.74 Å². The third-order valence-electron chi connectivity index (χ3n) is 5.69. The summed E-state index contributed by atoms with van der Waals surface area (Å²) >= 11 is 0. The Morgan fingerprint density at radius 1 is 1.04 bits per heavy atom. The number of nitrogens with zero attached hydrogens (tertiary/aromatic N) is 1. The molecule has 132 valence electrons. The fourth-order valence-electron chi connectivity index (χ4n) is 3.82. The van der Waals surface area contributed by atoms with Gasteiger partial charge in [0, 0.05) is 18.6 Å². The van der Waals surface area contributed by atoms with Crippen LogP contribution >= 0.6 is 0 Å². The van der Waals surface area contributed by atoms with E-state index in [1.165, 1.54) is 23.1 Å². The molecule has 2 aromatic rings. The van der Waals surface area contributed by atoms with Crippen molar-refractivity contribution in [3.05, 3.63) is 76.9 Å². The van der Waals surface area contributed by atoms with E-state index in [0.29, 0.717) is 12.1 Å². The highest BCUT2D eigenvalue weighted by atomic mass is 16.5. The van der Waals surface area contributed by atoms with Crippen LogP contribution in [0.2, 0.25) is 0 Å². The molecule has 0 amide bonds.